The lowest BCUT2D eigenvalue weighted by atomic mass is 10.0. The Morgan fingerprint density at radius 1 is 0.880 bits per heavy atom. The number of nitrogens with one attached hydrogen (secondary N) is 1. The molecule has 0 fully saturated rings. The maximum atomic E-state index is 11.8. The van der Waals surface area contributed by atoms with Gasteiger partial charge in [0.2, 0.25) is 5.91 Å². The van der Waals surface area contributed by atoms with Gasteiger partial charge in [0.15, 0.2) is 0 Å². The lowest BCUT2D eigenvalue weighted by molar-refractivity contribution is -0.117. The second-order valence-electron chi connectivity index (χ2n) is 7.13. The van der Waals surface area contributed by atoms with Crippen LogP contribution in [-0.2, 0) is 11.2 Å². The van der Waals surface area contributed by atoms with Crippen LogP contribution in [0.4, 0.5) is 5.69 Å². The fourth-order valence-electron chi connectivity index (χ4n) is 2.99. The number of carbonyl (C=O) groups excluding carboxylic acids is 1. The van der Waals surface area contributed by atoms with Crippen LogP contribution in [0.25, 0.3) is 0 Å². The third-order valence-corrected chi connectivity index (χ3v) is 4.82. The van der Waals surface area contributed by atoms with Crippen molar-refractivity contribution in [2.45, 2.75) is 96.9 Å². The van der Waals surface area contributed by atoms with Crippen molar-refractivity contribution < 1.29 is 4.79 Å². The van der Waals surface area contributed by atoms with Gasteiger partial charge >= 0.3 is 0 Å². The number of nitrogens with two attached hydrogens (primary N) is 1. The predicted octanol–water partition coefficient (Wildman–Crippen LogP) is 5.83. The molecule has 3 heteroatoms. The Bertz CT molecular complexity index is 456. The van der Waals surface area contributed by atoms with Crippen LogP contribution in [0.2, 0.25) is 0 Å². The molecule has 1 aromatic carbocycles. The van der Waals surface area contributed by atoms with E-state index in [4.69, 9.17) is 5.73 Å². The molecule has 0 aliphatic rings. The van der Waals surface area contributed by atoms with Crippen molar-refractivity contribution in [1.82, 2.24) is 0 Å². The second kappa shape index (κ2) is 13.9. The van der Waals surface area contributed by atoms with E-state index in [1.165, 1.54) is 69.8 Å². The van der Waals surface area contributed by atoms with Gasteiger partial charge in [-0.25, -0.2) is 0 Å². The first kappa shape index (κ1) is 21.7. The molecule has 0 aliphatic heterocycles. The quantitative estimate of drug-likeness (QED) is 0.417. The molecule has 0 bridgehead atoms. The van der Waals surface area contributed by atoms with E-state index in [0.717, 1.165) is 12.1 Å². The molecule has 0 radical (unpaired) electrons. The van der Waals surface area contributed by atoms with Gasteiger partial charge in [-0.3, -0.25) is 4.79 Å². The van der Waals surface area contributed by atoms with Crippen LogP contribution in [0, 0.1) is 0 Å². The van der Waals surface area contributed by atoms with Crippen LogP contribution >= 0.6 is 0 Å². The summed E-state index contributed by atoms with van der Waals surface area (Å²) in [7, 11) is 0. The zero-order valence-corrected chi connectivity index (χ0v) is 16.4. The molecule has 3 nitrogen and oxygen atoms in total. The Labute approximate surface area is 154 Å². The first-order valence-electron chi connectivity index (χ1n) is 10.3. The largest absolute Gasteiger partial charge is 0.325 e. The monoisotopic (exact) mass is 346 g/mol. The predicted molar refractivity (Wildman–Crippen MR) is 109 cm³/mol. The van der Waals surface area contributed by atoms with Gasteiger partial charge in [0, 0.05) is 5.69 Å². The van der Waals surface area contributed by atoms with E-state index in [2.05, 4.69) is 24.4 Å². The van der Waals surface area contributed by atoms with E-state index in [-0.39, 0.29) is 5.91 Å². The average Bonchev–Trinajstić information content (AvgIpc) is 2.63. The molecule has 3 N–H and O–H groups in total. The standard InChI is InChI=1S/C22H38N2O/c1-3-5-6-7-8-9-10-11-12-13-14-19-15-17-20(18-16-19)24-22(25)21(23)4-2/h15-18,21H,3-14,23H2,1-2H3,(H,24,25)/t21-/m1/s1. The highest BCUT2D eigenvalue weighted by molar-refractivity contribution is 5.94. The third kappa shape index (κ3) is 10.3. The van der Waals surface area contributed by atoms with Gasteiger partial charge in [-0.1, -0.05) is 83.8 Å². The van der Waals surface area contributed by atoms with Crippen molar-refractivity contribution in [3.05, 3.63) is 29.8 Å². The van der Waals surface area contributed by atoms with Gasteiger partial charge in [0.1, 0.15) is 0 Å². The van der Waals surface area contributed by atoms with Crippen LogP contribution in [-0.4, -0.2) is 11.9 Å². The molecule has 142 valence electrons. The molecule has 0 heterocycles. The summed E-state index contributed by atoms with van der Waals surface area (Å²) in [6.45, 7) is 4.19. The van der Waals surface area contributed by atoms with Gasteiger partial charge < -0.3 is 11.1 Å². The fourth-order valence-corrected chi connectivity index (χ4v) is 2.99. The number of unbranched alkanes of at least 4 members (excludes halogenated alkanes) is 9. The molecule has 1 atom stereocenters. The minimum absolute atomic E-state index is 0.107. The highest BCUT2D eigenvalue weighted by Crippen LogP contribution is 2.14. The van der Waals surface area contributed by atoms with Gasteiger partial charge in [-0.15, -0.1) is 0 Å². The molecule has 0 aromatic heterocycles. The Morgan fingerprint density at radius 2 is 1.40 bits per heavy atom. The number of hydrogen-bond acceptors (Lipinski definition) is 2. The molecular formula is C22H38N2O. The highest BCUT2D eigenvalue weighted by atomic mass is 16.2. The summed E-state index contributed by atoms with van der Waals surface area (Å²) < 4.78 is 0. The maximum absolute atomic E-state index is 11.8. The van der Waals surface area contributed by atoms with E-state index >= 15 is 0 Å². The van der Waals surface area contributed by atoms with Crippen LogP contribution in [0.3, 0.4) is 0 Å². The number of aryl methyl sites for hydroxylation is 1. The first-order valence-corrected chi connectivity index (χ1v) is 10.3. The summed E-state index contributed by atoms with van der Waals surface area (Å²) in [4.78, 5) is 11.8. The van der Waals surface area contributed by atoms with Crippen molar-refractivity contribution in [2.75, 3.05) is 5.32 Å². The molecule has 25 heavy (non-hydrogen) atoms. The summed E-state index contributed by atoms with van der Waals surface area (Å²) >= 11 is 0. The van der Waals surface area contributed by atoms with E-state index < -0.39 is 6.04 Å². The Morgan fingerprint density at radius 3 is 1.92 bits per heavy atom. The zero-order valence-electron chi connectivity index (χ0n) is 16.4. The summed E-state index contributed by atoms with van der Waals surface area (Å²) in [6, 6.07) is 7.76. The van der Waals surface area contributed by atoms with Crippen molar-refractivity contribution >= 4 is 11.6 Å². The summed E-state index contributed by atoms with van der Waals surface area (Å²) in [6.07, 6.45) is 15.5. The van der Waals surface area contributed by atoms with E-state index in [0.29, 0.717) is 6.42 Å². The van der Waals surface area contributed by atoms with Crippen LogP contribution in [0.1, 0.15) is 90.0 Å². The highest BCUT2D eigenvalue weighted by Gasteiger charge is 2.10. The fraction of sp³-hybridized carbons (Fsp3) is 0.682. The van der Waals surface area contributed by atoms with Crippen LogP contribution < -0.4 is 11.1 Å². The molecule has 0 unspecified atom stereocenters. The SMILES string of the molecule is CCCCCCCCCCCCc1ccc(NC(=O)[C@H](N)CC)cc1. The van der Waals surface area contributed by atoms with Crippen molar-refractivity contribution in [3.63, 3.8) is 0 Å². The number of rotatable bonds is 14. The Kier molecular flexibility index (Phi) is 12.0. The minimum Gasteiger partial charge on any atom is -0.325 e. The first-order chi connectivity index (χ1) is 12.2. The normalized spacial score (nSPS) is 12.1. The van der Waals surface area contributed by atoms with Crippen molar-refractivity contribution in [3.8, 4) is 0 Å². The molecule has 1 amide bonds. The Hall–Kier alpha value is -1.35. The zero-order chi connectivity index (χ0) is 18.3. The lowest BCUT2D eigenvalue weighted by Gasteiger charge is -2.10. The van der Waals surface area contributed by atoms with Crippen LogP contribution in [0.15, 0.2) is 24.3 Å². The number of benzene rings is 1. The summed E-state index contributed by atoms with van der Waals surface area (Å²) in [5, 5.41) is 2.86. The Balaban J connectivity index is 2.09. The van der Waals surface area contributed by atoms with Crippen LogP contribution in [0.5, 0.6) is 0 Å². The third-order valence-electron chi connectivity index (χ3n) is 4.82. The number of hydrogen-bond donors (Lipinski definition) is 2. The summed E-state index contributed by atoms with van der Waals surface area (Å²) in [5.41, 5.74) is 7.91. The minimum atomic E-state index is -0.425. The molecule has 0 spiro atoms. The maximum Gasteiger partial charge on any atom is 0.241 e. The van der Waals surface area contributed by atoms with Crippen molar-refractivity contribution in [1.29, 1.82) is 0 Å². The molecule has 1 aromatic rings. The number of amides is 1. The number of anilines is 1. The second-order valence-corrected chi connectivity index (χ2v) is 7.13. The van der Waals surface area contributed by atoms with E-state index in [1.54, 1.807) is 0 Å². The molecule has 0 aliphatic carbocycles. The molecule has 1 rings (SSSR count). The van der Waals surface area contributed by atoms with E-state index in [1.807, 2.05) is 19.1 Å². The van der Waals surface area contributed by atoms with Crippen molar-refractivity contribution in [2.24, 2.45) is 5.73 Å². The average molecular weight is 347 g/mol. The lowest BCUT2D eigenvalue weighted by Crippen LogP contribution is -2.34. The smallest absolute Gasteiger partial charge is 0.241 e. The van der Waals surface area contributed by atoms with Gasteiger partial charge in [0.05, 0.1) is 6.04 Å². The molecule has 0 saturated carbocycles. The van der Waals surface area contributed by atoms with E-state index in [9.17, 15) is 4.79 Å². The number of carbonyl (C=O) groups is 1. The van der Waals surface area contributed by atoms with Gasteiger partial charge in [0.25, 0.3) is 0 Å². The molecule has 0 saturated heterocycles. The summed E-state index contributed by atoms with van der Waals surface area (Å²) in [5.74, 6) is -0.107. The van der Waals surface area contributed by atoms with Gasteiger partial charge in [-0.2, -0.15) is 0 Å². The topological polar surface area (TPSA) is 55.1 Å². The van der Waals surface area contributed by atoms with Gasteiger partial charge in [-0.05, 0) is 37.0 Å². The molecular weight excluding hydrogens is 308 g/mol.